The summed E-state index contributed by atoms with van der Waals surface area (Å²) in [6.07, 6.45) is 2.61. The predicted molar refractivity (Wildman–Crippen MR) is 110 cm³/mol. The lowest BCUT2D eigenvalue weighted by molar-refractivity contribution is -0.152. The molecule has 1 amide bonds. The topological polar surface area (TPSA) is 72.4 Å². The maximum atomic E-state index is 12.3. The first-order valence-electron chi connectivity index (χ1n) is 9.17. The molecule has 0 spiro atoms. The van der Waals surface area contributed by atoms with Gasteiger partial charge in [0.25, 0.3) is 5.91 Å². The lowest BCUT2D eigenvalue weighted by Gasteiger charge is -2.25. The van der Waals surface area contributed by atoms with Gasteiger partial charge in [-0.1, -0.05) is 42.1 Å². The zero-order chi connectivity index (χ0) is 20.7. The molecule has 0 N–H and O–H groups in total. The lowest BCUT2D eigenvalue weighted by atomic mass is 10.1. The Balaban J connectivity index is 1.84. The number of aromatic nitrogens is 2. The van der Waals surface area contributed by atoms with E-state index >= 15 is 0 Å². The minimum absolute atomic E-state index is 0.0928. The van der Waals surface area contributed by atoms with E-state index in [2.05, 4.69) is 9.97 Å². The Hall–Kier alpha value is -2.41. The number of hydrogen-bond acceptors (Lipinski definition) is 6. The molecule has 28 heavy (non-hydrogen) atoms. The third-order valence-corrected chi connectivity index (χ3v) is 5.32. The molecule has 1 aromatic heterocycles. The van der Waals surface area contributed by atoms with Crippen LogP contribution in [-0.4, -0.2) is 46.7 Å². The largest absolute Gasteiger partial charge is 0.456 e. The molecule has 0 fully saturated rings. The van der Waals surface area contributed by atoms with Crippen LogP contribution >= 0.6 is 11.8 Å². The summed E-state index contributed by atoms with van der Waals surface area (Å²) in [5, 5.41) is 0.725. The SMILES string of the molecule is CSc1nc(C)c(CCC(=O)OCC(=O)N(C)[C@H](C)c2ccccc2)c(C)n1. The number of rotatable bonds is 8. The molecule has 0 aliphatic rings. The zero-order valence-corrected chi connectivity index (χ0v) is 17.9. The molecule has 1 heterocycles. The fourth-order valence-corrected chi connectivity index (χ4v) is 3.33. The summed E-state index contributed by atoms with van der Waals surface area (Å²) < 4.78 is 5.18. The maximum absolute atomic E-state index is 12.3. The number of nitrogens with zero attached hydrogens (tertiary/aromatic N) is 3. The van der Waals surface area contributed by atoms with Gasteiger partial charge >= 0.3 is 5.97 Å². The van der Waals surface area contributed by atoms with Gasteiger partial charge in [-0.3, -0.25) is 9.59 Å². The van der Waals surface area contributed by atoms with Crippen molar-refractivity contribution in [2.45, 2.75) is 44.8 Å². The van der Waals surface area contributed by atoms with Crippen LogP contribution in [0.3, 0.4) is 0 Å². The number of carbonyl (C=O) groups excluding carboxylic acids is 2. The minimum Gasteiger partial charge on any atom is -0.456 e. The van der Waals surface area contributed by atoms with Crippen LogP contribution in [-0.2, 0) is 20.7 Å². The van der Waals surface area contributed by atoms with E-state index in [0.717, 1.165) is 27.7 Å². The number of thioether (sulfide) groups is 1. The summed E-state index contributed by atoms with van der Waals surface area (Å²) in [4.78, 5) is 34.9. The number of amides is 1. The molecule has 1 atom stereocenters. The lowest BCUT2D eigenvalue weighted by Crippen LogP contribution is -2.33. The van der Waals surface area contributed by atoms with Gasteiger partial charge in [0.15, 0.2) is 11.8 Å². The van der Waals surface area contributed by atoms with E-state index in [1.54, 1.807) is 11.9 Å². The molecule has 0 radical (unpaired) electrons. The molecule has 7 heteroatoms. The normalized spacial score (nSPS) is 11.8. The van der Waals surface area contributed by atoms with E-state index in [1.807, 2.05) is 57.4 Å². The van der Waals surface area contributed by atoms with Gasteiger partial charge < -0.3 is 9.64 Å². The Labute approximate surface area is 170 Å². The van der Waals surface area contributed by atoms with E-state index in [0.29, 0.717) is 6.42 Å². The van der Waals surface area contributed by atoms with Crippen LogP contribution in [0.25, 0.3) is 0 Å². The molecule has 0 aliphatic heterocycles. The highest BCUT2D eigenvalue weighted by Crippen LogP contribution is 2.19. The highest BCUT2D eigenvalue weighted by atomic mass is 32.2. The first kappa shape index (κ1) is 21.9. The van der Waals surface area contributed by atoms with Crippen molar-refractivity contribution in [3.8, 4) is 0 Å². The van der Waals surface area contributed by atoms with Gasteiger partial charge in [0.2, 0.25) is 0 Å². The highest BCUT2D eigenvalue weighted by molar-refractivity contribution is 7.98. The minimum atomic E-state index is -0.401. The number of aryl methyl sites for hydroxylation is 2. The Morgan fingerprint density at radius 1 is 1.14 bits per heavy atom. The standard InChI is InChI=1S/C21H27N3O3S/c1-14-18(15(2)23-21(22-14)28-5)11-12-20(26)27-13-19(25)24(4)16(3)17-9-7-6-8-10-17/h6-10,16H,11-13H2,1-5H3/t16-/m1/s1. The molecule has 0 unspecified atom stereocenters. The van der Waals surface area contributed by atoms with Crippen LogP contribution in [0.5, 0.6) is 0 Å². The first-order chi connectivity index (χ1) is 13.3. The van der Waals surface area contributed by atoms with Crippen molar-refractivity contribution < 1.29 is 14.3 Å². The van der Waals surface area contributed by atoms with E-state index < -0.39 is 5.97 Å². The van der Waals surface area contributed by atoms with Gasteiger partial charge in [-0.25, -0.2) is 9.97 Å². The molecule has 2 rings (SSSR count). The van der Waals surface area contributed by atoms with E-state index in [9.17, 15) is 9.59 Å². The number of likely N-dealkylation sites (N-methyl/N-ethyl adjacent to an activating group) is 1. The van der Waals surface area contributed by atoms with E-state index in [-0.39, 0.29) is 25.0 Å². The van der Waals surface area contributed by atoms with Gasteiger partial charge in [-0.15, -0.1) is 0 Å². The second kappa shape index (κ2) is 10.2. The van der Waals surface area contributed by atoms with Crippen molar-refractivity contribution in [2.24, 2.45) is 0 Å². The molecule has 6 nitrogen and oxygen atoms in total. The van der Waals surface area contributed by atoms with Crippen LogP contribution in [0.2, 0.25) is 0 Å². The number of hydrogen-bond donors (Lipinski definition) is 0. The smallest absolute Gasteiger partial charge is 0.306 e. The summed E-state index contributed by atoms with van der Waals surface area (Å²) in [5.74, 6) is -0.633. The van der Waals surface area contributed by atoms with E-state index in [4.69, 9.17) is 4.74 Å². The molecule has 0 saturated heterocycles. The summed E-state index contributed by atoms with van der Waals surface area (Å²) in [6, 6.07) is 9.64. The van der Waals surface area contributed by atoms with Gasteiger partial charge in [0.1, 0.15) is 0 Å². The predicted octanol–water partition coefficient (Wildman–Crippen LogP) is 3.51. The Morgan fingerprint density at radius 2 is 1.75 bits per heavy atom. The number of esters is 1. The van der Waals surface area contributed by atoms with Crippen molar-refractivity contribution in [1.29, 1.82) is 0 Å². The molecule has 150 valence electrons. The van der Waals surface area contributed by atoms with E-state index in [1.165, 1.54) is 11.8 Å². The second-order valence-corrected chi connectivity index (χ2v) is 7.39. The molecule has 2 aromatic rings. The molecule has 0 aliphatic carbocycles. The first-order valence-corrected chi connectivity index (χ1v) is 10.4. The summed E-state index contributed by atoms with van der Waals surface area (Å²) in [7, 11) is 1.71. The third-order valence-electron chi connectivity index (χ3n) is 4.77. The Bertz CT molecular complexity index is 804. The molecular weight excluding hydrogens is 374 g/mol. The van der Waals surface area contributed by atoms with Crippen LogP contribution in [0, 0.1) is 13.8 Å². The Kier molecular flexibility index (Phi) is 7.99. The zero-order valence-electron chi connectivity index (χ0n) is 17.1. The quantitative estimate of drug-likeness (QED) is 0.383. The van der Waals surface area contributed by atoms with Crippen LogP contribution < -0.4 is 0 Å². The number of benzene rings is 1. The fourth-order valence-electron chi connectivity index (χ4n) is 2.88. The fraction of sp³-hybridized carbons (Fsp3) is 0.429. The molecule has 0 bridgehead atoms. The molecule has 1 aromatic carbocycles. The van der Waals surface area contributed by atoms with Gasteiger partial charge in [-0.2, -0.15) is 0 Å². The monoisotopic (exact) mass is 401 g/mol. The molecule has 0 saturated carbocycles. The molecular formula is C21H27N3O3S. The van der Waals surface area contributed by atoms with Crippen molar-refractivity contribution >= 4 is 23.6 Å². The van der Waals surface area contributed by atoms with Crippen LogP contribution in [0.15, 0.2) is 35.5 Å². The third kappa shape index (κ3) is 5.79. The summed E-state index contributed by atoms with van der Waals surface area (Å²) >= 11 is 1.49. The van der Waals surface area contributed by atoms with Crippen molar-refractivity contribution in [1.82, 2.24) is 14.9 Å². The van der Waals surface area contributed by atoms with Crippen LogP contribution in [0.4, 0.5) is 0 Å². The summed E-state index contributed by atoms with van der Waals surface area (Å²) in [5.41, 5.74) is 3.73. The summed E-state index contributed by atoms with van der Waals surface area (Å²) in [6.45, 7) is 5.52. The highest BCUT2D eigenvalue weighted by Gasteiger charge is 2.19. The van der Waals surface area contributed by atoms with Crippen molar-refractivity contribution in [3.05, 3.63) is 52.8 Å². The van der Waals surface area contributed by atoms with Crippen molar-refractivity contribution in [3.63, 3.8) is 0 Å². The Morgan fingerprint density at radius 3 is 2.32 bits per heavy atom. The van der Waals surface area contributed by atoms with Gasteiger partial charge in [-0.05, 0) is 44.6 Å². The number of ether oxygens (including phenoxy) is 1. The second-order valence-electron chi connectivity index (χ2n) is 6.61. The maximum Gasteiger partial charge on any atom is 0.306 e. The van der Waals surface area contributed by atoms with Gasteiger partial charge in [0.05, 0.1) is 6.04 Å². The van der Waals surface area contributed by atoms with Crippen molar-refractivity contribution in [2.75, 3.05) is 19.9 Å². The van der Waals surface area contributed by atoms with Gasteiger partial charge in [0, 0.05) is 24.9 Å². The average Bonchev–Trinajstić information content (AvgIpc) is 2.70. The average molecular weight is 402 g/mol. The van der Waals surface area contributed by atoms with Crippen LogP contribution in [0.1, 0.15) is 41.9 Å². The number of carbonyl (C=O) groups is 2.